The zero-order valence-electron chi connectivity index (χ0n) is 15.6. The van der Waals surface area contributed by atoms with E-state index in [0.29, 0.717) is 11.4 Å². The Balaban J connectivity index is 1.58. The molecule has 2 aromatic carbocycles. The molecule has 26 heavy (non-hydrogen) atoms. The van der Waals surface area contributed by atoms with E-state index in [-0.39, 0.29) is 0 Å². The Morgan fingerprint density at radius 1 is 1.19 bits per heavy atom. The van der Waals surface area contributed by atoms with Crippen molar-refractivity contribution < 1.29 is 13.2 Å². The molecule has 0 amide bonds. The number of nitrogens with zero attached hydrogens (tertiary/aromatic N) is 1. The highest BCUT2D eigenvalue weighted by Gasteiger charge is 2.17. The predicted molar refractivity (Wildman–Crippen MR) is 105 cm³/mol. The van der Waals surface area contributed by atoms with E-state index in [4.69, 9.17) is 4.74 Å². The van der Waals surface area contributed by atoms with Gasteiger partial charge in [-0.1, -0.05) is 19.1 Å². The number of sulfonamides is 1. The van der Waals surface area contributed by atoms with Crippen molar-refractivity contribution in [2.45, 2.75) is 31.1 Å². The molecule has 1 atom stereocenters. The maximum Gasteiger partial charge on any atom is 0.240 e. The number of benzene rings is 2. The van der Waals surface area contributed by atoms with Gasteiger partial charge in [0.15, 0.2) is 0 Å². The van der Waals surface area contributed by atoms with Crippen LogP contribution in [-0.4, -0.2) is 46.6 Å². The summed E-state index contributed by atoms with van der Waals surface area (Å²) in [4.78, 5) is 2.74. The van der Waals surface area contributed by atoms with Crippen LogP contribution in [0.1, 0.15) is 26.2 Å². The monoisotopic (exact) mass is 376 g/mol. The summed E-state index contributed by atoms with van der Waals surface area (Å²) in [5.74, 6) is 1.51. The van der Waals surface area contributed by atoms with Gasteiger partial charge >= 0.3 is 0 Å². The Bertz CT molecular complexity index is 851. The van der Waals surface area contributed by atoms with Crippen LogP contribution in [0.15, 0.2) is 41.3 Å². The fraction of sp³-hybridized carbons (Fsp3) is 0.500. The van der Waals surface area contributed by atoms with Gasteiger partial charge in [-0.2, -0.15) is 0 Å². The van der Waals surface area contributed by atoms with Crippen LogP contribution < -0.4 is 9.46 Å². The number of piperidine rings is 1. The van der Waals surface area contributed by atoms with Gasteiger partial charge in [-0.15, -0.1) is 0 Å². The number of fused-ring (bicyclic) bond motifs is 1. The Labute approximate surface area is 156 Å². The summed E-state index contributed by atoms with van der Waals surface area (Å²) in [6, 6.07) is 10.8. The molecule has 0 spiro atoms. The number of hydrogen-bond acceptors (Lipinski definition) is 4. The number of hydrogen-bond donors (Lipinski definition) is 1. The van der Waals surface area contributed by atoms with Gasteiger partial charge in [0.05, 0.1) is 12.0 Å². The van der Waals surface area contributed by atoms with Crippen molar-refractivity contribution >= 4 is 20.8 Å². The SMILES string of the molecule is COc1ccc2cc(S(=O)(=O)NCCCN3CCC[C@@H](C)C3)ccc2c1. The van der Waals surface area contributed by atoms with Crippen LogP contribution >= 0.6 is 0 Å². The average molecular weight is 377 g/mol. The minimum absolute atomic E-state index is 0.307. The summed E-state index contributed by atoms with van der Waals surface area (Å²) in [6.45, 7) is 5.95. The van der Waals surface area contributed by atoms with Gasteiger partial charge in [0, 0.05) is 13.1 Å². The van der Waals surface area contributed by atoms with E-state index in [2.05, 4.69) is 16.5 Å². The zero-order valence-corrected chi connectivity index (χ0v) is 16.4. The first-order valence-corrected chi connectivity index (χ1v) is 10.8. The molecule has 1 aliphatic heterocycles. The lowest BCUT2D eigenvalue weighted by Crippen LogP contribution is -2.36. The van der Waals surface area contributed by atoms with Gasteiger partial charge in [-0.25, -0.2) is 13.1 Å². The maximum atomic E-state index is 12.6. The standard InChI is InChI=1S/C20H28N2O3S/c1-16-5-3-11-22(15-16)12-4-10-21-26(23,24)20-9-7-17-13-19(25-2)8-6-18(17)14-20/h6-9,13-14,16,21H,3-5,10-12,15H2,1-2H3/t16-/m1/s1. The topological polar surface area (TPSA) is 58.6 Å². The molecule has 5 nitrogen and oxygen atoms in total. The van der Waals surface area contributed by atoms with Gasteiger partial charge in [0.25, 0.3) is 0 Å². The number of likely N-dealkylation sites (tertiary alicyclic amines) is 1. The largest absolute Gasteiger partial charge is 0.497 e. The molecule has 3 rings (SSSR count). The van der Waals surface area contributed by atoms with Crippen molar-refractivity contribution in [3.8, 4) is 5.75 Å². The molecule has 0 radical (unpaired) electrons. The van der Waals surface area contributed by atoms with E-state index in [1.54, 1.807) is 19.2 Å². The predicted octanol–water partition coefficient (Wildman–Crippen LogP) is 3.25. The van der Waals surface area contributed by atoms with Crippen molar-refractivity contribution in [3.05, 3.63) is 36.4 Å². The molecule has 0 aromatic heterocycles. The quantitative estimate of drug-likeness (QED) is 0.754. The molecular formula is C20H28N2O3S. The second-order valence-corrected chi connectivity index (χ2v) is 8.94. The Hall–Kier alpha value is -1.63. The molecule has 1 saturated heterocycles. The average Bonchev–Trinajstić information content (AvgIpc) is 2.64. The second-order valence-electron chi connectivity index (χ2n) is 7.17. The van der Waals surface area contributed by atoms with Crippen molar-refractivity contribution in [2.75, 3.05) is 33.3 Å². The molecule has 0 saturated carbocycles. The lowest BCUT2D eigenvalue weighted by Gasteiger charge is -2.30. The minimum Gasteiger partial charge on any atom is -0.497 e. The third kappa shape index (κ3) is 4.75. The van der Waals surface area contributed by atoms with Gasteiger partial charge in [-0.3, -0.25) is 0 Å². The lowest BCUT2D eigenvalue weighted by molar-refractivity contribution is 0.182. The van der Waals surface area contributed by atoms with E-state index < -0.39 is 10.0 Å². The van der Waals surface area contributed by atoms with E-state index in [0.717, 1.165) is 48.5 Å². The molecule has 1 heterocycles. The second kappa shape index (κ2) is 8.37. The van der Waals surface area contributed by atoms with Crippen molar-refractivity contribution in [2.24, 2.45) is 5.92 Å². The first-order chi connectivity index (χ1) is 12.5. The minimum atomic E-state index is -3.48. The van der Waals surface area contributed by atoms with Crippen LogP contribution in [0.4, 0.5) is 0 Å². The third-order valence-electron chi connectivity index (χ3n) is 5.01. The molecule has 0 bridgehead atoms. The molecule has 0 aliphatic carbocycles. The number of methoxy groups -OCH3 is 1. The summed E-state index contributed by atoms with van der Waals surface area (Å²) < 4.78 is 33.0. The smallest absolute Gasteiger partial charge is 0.240 e. The van der Waals surface area contributed by atoms with Crippen LogP contribution in [-0.2, 0) is 10.0 Å². The number of ether oxygens (including phenoxy) is 1. The Kier molecular flexibility index (Phi) is 6.16. The van der Waals surface area contributed by atoms with Crippen LogP contribution in [0.3, 0.4) is 0 Å². The summed E-state index contributed by atoms with van der Waals surface area (Å²) in [6.07, 6.45) is 3.38. The van der Waals surface area contributed by atoms with E-state index >= 15 is 0 Å². The molecule has 1 aliphatic rings. The summed E-state index contributed by atoms with van der Waals surface area (Å²) in [5, 5.41) is 1.85. The first-order valence-electron chi connectivity index (χ1n) is 9.28. The van der Waals surface area contributed by atoms with E-state index in [1.165, 1.54) is 12.8 Å². The van der Waals surface area contributed by atoms with Crippen LogP contribution in [0.25, 0.3) is 10.8 Å². The third-order valence-corrected chi connectivity index (χ3v) is 6.47. The van der Waals surface area contributed by atoms with Gasteiger partial charge in [0.1, 0.15) is 5.75 Å². The Morgan fingerprint density at radius 3 is 2.73 bits per heavy atom. The van der Waals surface area contributed by atoms with Crippen molar-refractivity contribution in [3.63, 3.8) is 0 Å². The molecule has 2 aromatic rings. The van der Waals surface area contributed by atoms with Gasteiger partial charge < -0.3 is 9.64 Å². The van der Waals surface area contributed by atoms with Crippen LogP contribution in [0.2, 0.25) is 0 Å². The number of rotatable bonds is 7. The van der Waals surface area contributed by atoms with Gasteiger partial charge in [-0.05, 0) is 73.3 Å². The Morgan fingerprint density at radius 2 is 1.96 bits per heavy atom. The maximum absolute atomic E-state index is 12.6. The summed E-state index contributed by atoms with van der Waals surface area (Å²) in [5.41, 5.74) is 0. The summed E-state index contributed by atoms with van der Waals surface area (Å²) in [7, 11) is -1.86. The highest BCUT2D eigenvalue weighted by atomic mass is 32.2. The van der Waals surface area contributed by atoms with E-state index in [1.807, 2.05) is 24.3 Å². The highest BCUT2D eigenvalue weighted by molar-refractivity contribution is 7.89. The molecule has 0 unspecified atom stereocenters. The van der Waals surface area contributed by atoms with Crippen molar-refractivity contribution in [1.29, 1.82) is 0 Å². The fourth-order valence-electron chi connectivity index (χ4n) is 3.58. The molecule has 142 valence electrons. The number of nitrogens with one attached hydrogen (secondary N) is 1. The first kappa shape index (κ1) is 19.1. The normalized spacial score (nSPS) is 18.9. The fourth-order valence-corrected chi connectivity index (χ4v) is 4.69. The van der Waals surface area contributed by atoms with Crippen LogP contribution in [0, 0.1) is 5.92 Å². The van der Waals surface area contributed by atoms with Crippen molar-refractivity contribution in [1.82, 2.24) is 9.62 Å². The molecule has 1 fully saturated rings. The zero-order chi connectivity index (χ0) is 18.6. The molecule has 1 N–H and O–H groups in total. The molecule has 6 heteroatoms. The molecular weight excluding hydrogens is 348 g/mol. The highest BCUT2D eigenvalue weighted by Crippen LogP contribution is 2.23. The van der Waals surface area contributed by atoms with Crippen LogP contribution in [0.5, 0.6) is 5.75 Å². The summed E-state index contributed by atoms with van der Waals surface area (Å²) >= 11 is 0. The van der Waals surface area contributed by atoms with Gasteiger partial charge in [0.2, 0.25) is 10.0 Å². The lowest BCUT2D eigenvalue weighted by atomic mass is 10.0. The van der Waals surface area contributed by atoms with E-state index in [9.17, 15) is 8.42 Å².